The number of benzene rings is 5. The van der Waals surface area contributed by atoms with E-state index in [1.54, 1.807) is 105 Å². The Hall–Kier alpha value is -12.7. The van der Waals surface area contributed by atoms with Gasteiger partial charge in [0.2, 0.25) is 5.95 Å². The van der Waals surface area contributed by atoms with Gasteiger partial charge < -0.3 is 4.98 Å². The molecule has 0 saturated carbocycles. The van der Waals surface area contributed by atoms with Crippen molar-refractivity contribution in [3.05, 3.63) is 203 Å². The number of fused-ring (bicyclic) bond motifs is 1. The number of carbonyl (C=O) groups excluding carboxylic acids is 6. The molecule has 6 aromatic heterocycles. The molecule has 38 nitrogen and oxygen atoms in total. The Morgan fingerprint density at radius 3 is 1.19 bits per heavy atom. The van der Waals surface area contributed by atoms with Gasteiger partial charge in [-0.2, -0.15) is 40.5 Å². The van der Waals surface area contributed by atoms with Gasteiger partial charge in [0.05, 0.1) is 70.5 Å². The summed E-state index contributed by atoms with van der Waals surface area (Å²) in [5, 5.41) is 36.1. The van der Waals surface area contributed by atoms with Crippen LogP contribution in [0.25, 0.3) is 39.4 Å². The Morgan fingerprint density at radius 1 is 0.451 bits per heavy atom. The number of hydrogen-bond acceptors (Lipinski definition) is 20. The molecule has 0 atom stereocenters. The molecule has 9 heterocycles. The molecule has 3 aliphatic heterocycles. The van der Waals surface area contributed by atoms with Crippen LogP contribution in [0, 0.1) is 0 Å². The number of urea groups is 6. The van der Waals surface area contributed by atoms with Crippen molar-refractivity contribution in [2.24, 2.45) is 0 Å². The first-order valence-electron chi connectivity index (χ1n) is 34.5. The Balaban J connectivity index is 0.000000157. The molecule has 11 aromatic rings. The first kappa shape index (κ1) is 79.8. The predicted molar refractivity (Wildman–Crippen MR) is 423 cm³/mol. The van der Waals surface area contributed by atoms with Gasteiger partial charge in [0.1, 0.15) is 29.6 Å². The Morgan fingerprint density at radius 2 is 0.832 bits per heavy atom. The second kappa shape index (κ2) is 31.6. The number of H-pyrrole nitrogens is 1. The zero-order valence-electron chi connectivity index (χ0n) is 63.0. The number of hydrazine groups is 3. The van der Waals surface area contributed by atoms with Crippen molar-refractivity contribution in [3.8, 4) is 28.3 Å². The summed E-state index contributed by atoms with van der Waals surface area (Å²) in [6, 6.07) is 41.5. The molecule has 113 heavy (non-hydrogen) atoms. The molecule has 5 aromatic carbocycles. The average molecular weight is 1620 g/mol. The van der Waals surface area contributed by atoms with Crippen molar-refractivity contribution in [3.63, 3.8) is 0 Å². The molecule has 14 rings (SSSR count). The van der Waals surface area contributed by atoms with Crippen LogP contribution in [0.3, 0.4) is 0 Å². The van der Waals surface area contributed by atoms with Crippen LogP contribution in [0.4, 0.5) is 63.1 Å². The van der Waals surface area contributed by atoms with Gasteiger partial charge in [0.25, 0.3) is 0 Å². The minimum atomic E-state index is -3.94. The number of aromatic nitrogens is 11. The van der Waals surface area contributed by atoms with Crippen molar-refractivity contribution in [1.82, 2.24) is 96.7 Å². The highest BCUT2D eigenvalue weighted by Gasteiger charge is 2.42. The maximum absolute atomic E-state index is 12.9. The van der Waals surface area contributed by atoms with Crippen molar-refractivity contribution < 1.29 is 54.0 Å². The van der Waals surface area contributed by atoms with Crippen LogP contribution in [0.5, 0.6) is 0 Å². The quantitative estimate of drug-likeness (QED) is 0.0430. The summed E-state index contributed by atoms with van der Waals surface area (Å²) >= 11 is 1.33. The van der Waals surface area contributed by atoms with E-state index in [4.69, 9.17) is 10.2 Å². The van der Waals surface area contributed by atoms with E-state index in [9.17, 15) is 54.0 Å². The number of para-hydroxylation sites is 2. The smallest absolute Gasteiger partial charge is 0.324 e. The Bertz CT molecular complexity index is 5730. The van der Waals surface area contributed by atoms with E-state index in [0.29, 0.717) is 68.1 Å². The maximum atomic E-state index is 12.9. The van der Waals surface area contributed by atoms with E-state index in [-0.39, 0.29) is 35.9 Å². The van der Waals surface area contributed by atoms with E-state index >= 15 is 0 Å². The molecule has 3 saturated heterocycles. The third-order valence-corrected chi connectivity index (χ3v) is 22.1. The number of rotatable bonds is 16. The molecular formula is C71H80N26O12S4. The molecule has 0 radical (unpaired) electrons. The zero-order valence-corrected chi connectivity index (χ0v) is 66.2. The molecule has 0 unspecified atom stereocenters. The number of amides is 12. The van der Waals surface area contributed by atoms with Crippen LogP contribution in [0.2, 0.25) is 0 Å². The second-order valence-corrected chi connectivity index (χ2v) is 34.4. The maximum Gasteiger partial charge on any atom is 0.347 e. The molecule has 10 N–H and O–H groups in total. The molecule has 12 amide bonds. The third-order valence-electron chi connectivity index (χ3n) is 17.3. The van der Waals surface area contributed by atoms with Crippen molar-refractivity contribution >= 4 is 124 Å². The van der Waals surface area contributed by atoms with Crippen LogP contribution < -0.4 is 46.1 Å². The van der Waals surface area contributed by atoms with E-state index < -0.39 is 66.8 Å². The normalized spacial score (nSPS) is 15.5. The van der Waals surface area contributed by atoms with Gasteiger partial charge in [-0.25, -0.2) is 91.9 Å². The number of anilines is 6. The van der Waals surface area contributed by atoms with Gasteiger partial charge in [-0.15, -0.1) is 11.3 Å². The van der Waals surface area contributed by atoms with Crippen LogP contribution in [-0.2, 0) is 66.5 Å². The van der Waals surface area contributed by atoms with Gasteiger partial charge in [-0.3, -0.25) is 31.9 Å². The van der Waals surface area contributed by atoms with Gasteiger partial charge in [-0.1, -0.05) is 154 Å². The average Bonchev–Trinajstić information content (AvgIpc) is 1.66. The van der Waals surface area contributed by atoms with Gasteiger partial charge in [-0.05, 0) is 71.3 Å². The third kappa shape index (κ3) is 18.7. The zero-order chi connectivity index (χ0) is 81.3. The molecule has 0 bridgehead atoms. The summed E-state index contributed by atoms with van der Waals surface area (Å²) in [5.74, 6) is 1.98. The minimum absolute atomic E-state index is 0.0311. The molecule has 42 heteroatoms. The summed E-state index contributed by atoms with van der Waals surface area (Å²) in [6.45, 7) is 18.1. The van der Waals surface area contributed by atoms with E-state index in [1.807, 2.05) is 143 Å². The largest absolute Gasteiger partial charge is 0.347 e. The predicted octanol–water partition coefficient (Wildman–Crippen LogP) is 10.1. The van der Waals surface area contributed by atoms with E-state index in [2.05, 4.69) is 61.9 Å². The summed E-state index contributed by atoms with van der Waals surface area (Å²) in [7, 11) is -7.67. The van der Waals surface area contributed by atoms with E-state index in [0.717, 1.165) is 67.6 Å². The van der Waals surface area contributed by atoms with Gasteiger partial charge >= 0.3 is 66.8 Å². The number of carbonyl (C=O) groups is 6. The van der Waals surface area contributed by atoms with Gasteiger partial charge in [0, 0.05) is 72.7 Å². The topological polar surface area (TPSA) is 453 Å². The number of nitrogens with one attached hydrogen (secondary N) is 10. The summed E-state index contributed by atoms with van der Waals surface area (Å²) in [5.41, 5.74) is 8.61. The van der Waals surface area contributed by atoms with Crippen molar-refractivity contribution in [2.75, 3.05) is 53.0 Å². The van der Waals surface area contributed by atoms with Crippen LogP contribution in [-0.4, -0.2) is 165 Å². The van der Waals surface area contributed by atoms with Crippen LogP contribution >= 0.6 is 11.3 Å². The Labute approximate surface area is 653 Å². The standard InChI is InChI=1S/C26H28N8O4S2.C24H27N9O4S.C21H25N9O4S/c1-26(2,3)21-14-22(28-23(35)29-24-27-20(16-39-24)18-8-6-5-7-9-18)34(30-21)19-12-10-17(11-13-19)15-33-32(4)25(36)31-40(33,37)38;1-24(2,3)19-13-20(27-22(34)28-21-25-17-7-5-6-8-18(17)26-21)33(29-19)16-11-9-15(10-12-16)14-32-31(4)23(35)30-38(32,36)37;1-21(2,3)16-11-18(25-19(31)24-17-9-10-22-13-23-17)30(26-16)15-7-5-14(6-8-15)12-29-28(4)20(32)27-35(29,33)34/h5-14,16H,15H2,1-4H3,(H,31,36)(H2,27,28,29,35);5-13H,14H2,1-4H3,(H,30,35)(H3,25,26,27,28,34);5-11,13H,12H2,1-4H3,(H,27,32)(H2,22,23,24,25,31). The fraction of sp³-hybridized carbons (Fsp3) is 0.254. The van der Waals surface area contributed by atoms with E-state index in [1.165, 1.54) is 45.0 Å². The first-order valence-corrected chi connectivity index (χ1v) is 39.7. The lowest BCUT2D eigenvalue weighted by Gasteiger charge is -2.20. The molecule has 590 valence electrons. The SMILES string of the molecule is CN1C(=O)NS(=O)(=O)N1Cc1ccc(-n2nc(C(C)(C)C)cc2NC(=O)Nc2ccncn2)cc1.CN1C(=O)NS(=O)(=O)N1Cc1ccc(-n2nc(C(C)(C)C)cc2NC(=O)Nc2nc(-c3ccccc3)cs2)cc1.CN1C(=O)NS(=O)(=O)N1Cc1ccc(-n2nc(C(C)(C)C)cc2NC(=O)Nc2nc3ccccc3[nH]2)cc1. The number of imidazole rings is 1. The fourth-order valence-corrected chi connectivity index (χ4v) is 15.3. The molecule has 3 aliphatic rings. The van der Waals surface area contributed by atoms with Crippen molar-refractivity contribution in [1.29, 1.82) is 0 Å². The molecule has 3 fully saturated rings. The second-order valence-electron chi connectivity index (χ2n) is 28.8. The van der Waals surface area contributed by atoms with Crippen molar-refractivity contribution in [2.45, 2.75) is 98.2 Å². The number of aromatic amines is 1. The summed E-state index contributed by atoms with van der Waals surface area (Å²) in [6.07, 6.45) is 2.85. The lowest BCUT2D eigenvalue weighted by atomic mass is 9.92. The van der Waals surface area contributed by atoms with Crippen LogP contribution in [0.15, 0.2) is 170 Å². The monoisotopic (exact) mass is 1620 g/mol. The molecular weight excluding hydrogens is 1540 g/mol. The summed E-state index contributed by atoms with van der Waals surface area (Å²) in [4.78, 5) is 93.3. The molecule has 0 aliphatic carbocycles. The number of hydrogen-bond donors (Lipinski definition) is 10. The molecule has 0 spiro atoms. The highest BCUT2D eigenvalue weighted by molar-refractivity contribution is 7.88. The fourth-order valence-electron chi connectivity index (χ4n) is 11.1. The lowest BCUT2D eigenvalue weighted by molar-refractivity contribution is 0.132. The minimum Gasteiger partial charge on any atom is -0.324 e. The van der Waals surface area contributed by atoms with Crippen LogP contribution in [0.1, 0.15) is 96.1 Å². The highest BCUT2D eigenvalue weighted by Crippen LogP contribution is 2.33. The van der Waals surface area contributed by atoms with Gasteiger partial charge in [0.15, 0.2) is 5.13 Å². The summed E-state index contributed by atoms with van der Waals surface area (Å²) < 4.78 is 86.5. The first-order chi connectivity index (χ1) is 53.2. The lowest BCUT2D eigenvalue weighted by Crippen LogP contribution is -2.36. The Kier molecular flexibility index (Phi) is 22.3. The number of nitrogens with zero attached hydrogens (tertiary/aromatic N) is 16. The highest BCUT2D eigenvalue weighted by atomic mass is 32.2. The number of thiazole rings is 1.